The van der Waals surface area contributed by atoms with E-state index in [1.54, 1.807) is 0 Å². The smallest absolute Gasteiger partial charge is 0.108 e. The van der Waals surface area contributed by atoms with E-state index in [0.717, 1.165) is 25.8 Å². The minimum absolute atomic E-state index is 0.436. The second kappa shape index (κ2) is 7.10. The lowest BCUT2D eigenvalue weighted by atomic mass is 10.0. The highest BCUT2D eigenvalue weighted by Crippen LogP contribution is 2.18. The molecule has 2 rings (SSSR count). The van der Waals surface area contributed by atoms with Gasteiger partial charge in [-0.15, -0.1) is 0 Å². The molecule has 0 saturated heterocycles. The summed E-state index contributed by atoms with van der Waals surface area (Å²) in [5.74, 6) is 1.20. The molecule has 0 aliphatic carbocycles. The summed E-state index contributed by atoms with van der Waals surface area (Å²) in [5.41, 5.74) is 1.36. The molecule has 0 bridgehead atoms. The van der Waals surface area contributed by atoms with Crippen molar-refractivity contribution in [3.63, 3.8) is 0 Å². The summed E-state index contributed by atoms with van der Waals surface area (Å²) in [7, 11) is 2.03. The molecule has 1 atom stereocenters. The molecule has 1 N–H and O–H groups in total. The molecular weight excluding hydrogens is 234 g/mol. The van der Waals surface area contributed by atoms with Gasteiger partial charge in [0.2, 0.25) is 0 Å². The standard InChI is InChI=1S/C16H23N3/c1-3-19-13-12-18-16(19)11-7-10-15(17-2)14-8-5-4-6-9-14/h4-6,8-9,12-13,15,17H,3,7,10-11H2,1-2H3. The zero-order valence-corrected chi connectivity index (χ0v) is 11.8. The Kier molecular flexibility index (Phi) is 5.16. The number of aromatic nitrogens is 2. The molecule has 19 heavy (non-hydrogen) atoms. The fourth-order valence-electron chi connectivity index (χ4n) is 2.48. The maximum absolute atomic E-state index is 4.42. The van der Waals surface area contributed by atoms with E-state index in [1.165, 1.54) is 11.4 Å². The van der Waals surface area contributed by atoms with Crippen molar-refractivity contribution >= 4 is 0 Å². The van der Waals surface area contributed by atoms with Crippen LogP contribution < -0.4 is 5.32 Å². The van der Waals surface area contributed by atoms with Gasteiger partial charge in [0, 0.05) is 31.4 Å². The number of aryl methyl sites for hydroxylation is 2. The number of nitrogens with zero attached hydrogens (tertiary/aromatic N) is 2. The van der Waals surface area contributed by atoms with Crippen LogP contribution in [0.3, 0.4) is 0 Å². The largest absolute Gasteiger partial charge is 0.335 e. The molecular formula is C16H23N3. The molecule has 102 valence electrons. The van der Waals surface area contributed by atoms with E-state index in [9.17, 15) is 0 Å². The molecule has 1 unspecified atom stereocenters. The molecule has 0 amide bonds. The molecule has 0 aliphatic rings. The summed E-state index contributed by atoms with van der Waals surface area (Å²) >= 11 is 0. The first-order valence-corrected chi connectivity index (χ1v) is 7.07. The molecule has 0 spiro atoms. The Labute approximate surface area is 115 Å². The fourth-order valence-corrected chi connectivity index (χ4v) is 2.48. The number of imidazole rings is 1. The van der Waals surface area contributed by atoms with Crippen molar-refractivity contribution in [2.75, 3.05) is 7.05 Å². The van der Waals surface area contributed by atoms with Gasteiger partial charge in [0.1, 0.15) is 5.82 Å². The van der Waals surface area contributed by atoms with Crippen molar-refractivity contribution in [1.29, 1.82) is 0 Å². The Hall–Kier alpha value is -1.61. The van der Waals surface area contributed by atoms with Crippen LogP contribution in [0.5, 0.6) is 0 Å². The lowest BCUT2D eigenvalue weighted by Crippen LogP contribution is -2.16. The summed E-state index contributed by atoms with van der Waals surface area (Å²) in [6.45, 7) is 3.16. The minimum atomic E-state index is 0.436. The molecule has 0 saturated carbocycles. The Morgan fingerprint density at radius 1 is 1.26 bits per heavy atom. The maximum atomic E-state index is 4.42. The highest BCUT2D eigenvalue weighted by molar-refractivity contribution is 5.18. The van der Waals surface area contributed by atoms with E-state index in [4.69, 9.17) is 0 Å². The molecule has 0 aliphatic heterocycles. The Morgan fingerprint density at radius 2 is 2.05 bits per heavy atom. The number of nitrogens with one attached hydrogen (secondary N) is 1. The van der Waals surface area contributed by atoms with Gasteiger partial charge in [-0.05, 0) is 32.4 Å². The lowest BCUT2D eigenvalue weighted by Gasteiger charge is -2.16. The van der Waals surface area contributed by atoms with E-state index in [1.807, 2.05) is 13.2 Å². The average molecular weight is 257 g/mol. The molecule has 0 radical (unpaired) electrons. The van der Waals surface area contributed by atoms with Gasteiger partial charge < -0.3 is 9.88 Å². The summed E-state index contributed by atoms with van der Waals surface area (Å²) < 4.78 is 2.22. The van der Waals surface area contributed by atoms with Gasteiger partial charge in [-0.25, -0.2) is 4.98 Å². The van der Waals surface area contributed by atoms with Crippen LogP contribution >= 0.6 is 0 Å². The Balaban J connectivity index is 1.87. The van der Waals surface area contributed by atoms with Crippen LogP contribution in [0.2, 0.25) is 0 Å². The first kappa shape index (κ1) is 13.8. The Morgan fingerprint density at radius 3 is 2.74 bits per heavy atom. The number of hydrogen-bond donors (Lipinski definition) is 1. The van der Waals surface area contributed by atoms with Crippen LogP contribution in [0, 0.1) is 0 Å². The average Bonchev–Trinajstić information content (AvgIpc) is 2.92. The first-order valence-electron chi connectivity index (χ1n) is 7.07. The summed E-state index contributed by atoms with van der Waals surface area (Å²) in [5, 5.41) is 3.40. The molecule has 1 heterocycles. The minimum Gasteiger partial charge on any atom is -0.335 e. The van der Waals surface area contributed by atoms with Crippen molar-refractivity contribution in [2.24, 2.45) is 0 Å². The van der Waals surface area contributed by atoms with Gasteiger partial charge in [-0.1, -0.05) is 30.3 Å². The summed E-state index contributed by atoms with van der Waals surface area (Å²) in [6.07, 6.45) is 7.29. The van der Waals surface area contributed by atoms with Crippen LogP contribution in [0.4, 0.5) is 0 Å². The van der Waals surface area contributed by atoms with Gasteiger partial charge in [-0.2, -0.15) is 0 Å². The predicted octanol–water partition coefficient (Wildman–Crippen LogP) is 3.19. The van der Waals surface area contributed by atoms with E-state index < -0.39 is 0 Å². The normalized spacial score (nSPS) is 12.5. The topological polar surface area (TPSA) is 29.9 Å². The molecule has 1 aromatic carbocycles. The van der Waals surface area contributed by atoms with Crippen molar-refractivity contribution in [2.45, 2.75) is 38.8 Å². The maximum Gasteiger partial charge on any atom is 0.108 e. The van der Waals surface area contributed by atoms with Crippen LogP contribution in [0.25, 0.3) is 0 Å². The lowest BCUT2D eigenvalue weighted by molar-refractivity contribution is 0.517. The molecule has 2 aromatic rings. The third-order valence-electron chi connectivity index (χ3n) is 3.59. The van der Waals surface area contributed by atoms with Gasteiger partial charge in [-0.3, -0.25) is 0 Å². The SMILES string of the molecule is CCn1ccnc1CCCC(NC)c1ccccc1. The zero-order chi connectivity index (χ0) is 13.5. The summed E-state index contributed by atoms with van der Waals surface area (Å²) in [6, 6.07) is 11.1. The van der Waals surface area contributed by atoms with Crippen molar-refractivity contribution in [3.8, 4) is 0 Å². The van der Waals surface area contributed by atoms with E-state index in [2.05, 4.69) is 58.3 Å². The van der Waals surface area contributed by atoms with Gasteiger partial charge in [0.25, 0.3) is 0 Å². The van der Waals surface area contributed by atoms with E-state index in [0.29, 0.717) is 6.04 Å². The van der Waals surface area contributed by atoms with Crippen molar-refractivity contribution < 1.29 is 0 Å². The number of rotatable bonds is 7. The van der Waals surface area contributed by atoms with Gasteiger partial charge in [0.05, 0.1) is 0 Å². The third kappa shape index (κ3) is 3.67. The quantitative estimate of drug-likeness (QED) is 0.825. The highest BCUT2D eigenvalue weighted by Gasteiger charge is 2.09. The van der Waals surface area contributed by atoms with Crippen LogP contribution in [0.15, 0.2) is 42.7 Å². The highest BCUT2D eigenvalue weighted by atomic mass is 15.0. The van der Waals surface area contributed by atoms with Crippen LogP contribution in [-0.4, -0.2) is 16.6 Å². The fraction of sp³-hybridized carbons (Fsp3) is 0.438. The van der Waals surface area contributed by atoms with Gasteiger partial charge >= 0.3 is 0 Å². The number of hydrogen-bond acceptors (Lipinski definition) is 2. The predicted molar refractivity (Wildman–Crippen MR) is 79.1 cm³/mol. The van der Waals surface area contributed by atoms with E-state index in [-0.39, 0.29) is 0 Å². The Bertz CT molecular complexity index is 476. The van der Waals surface area contributed by atoms with Crippen LogP contribution in [-0.2, 0) is 13.0 Å². The molecule has 3 nitrogen and oxygen atoms in total. The van der Waals surface area contributed by atoms with Crippen molar-refractivity contribution in [3.05, 3.63) is 54.1 Å². The molecule has 3 heteroatoms. The van der Waals surface area contributed by atoms with E-state index >= 15 is 0 Å². The van der Waals surface area contributed by atoms with Crippen LogP contribution in [0.1, 0.15) is 37.2 Å². The first-order chi connectivity index (χ1) is 9.35. The second-order valence-electron chi connectivity index (χ2n) is 4.77. The monoisotopic (exact) mass is 257 g/mol. The second-order valence-corrected chi connectivity index (χ2v) is 4.77. The molecule has 0 fully saturated rings. The van der Waals surface area contributed by atoms with Gasteiger partial charge in [0.15, 0.2) is 0 Å². The molecule has 1 aromatic heterocycles. The third-order valence-corrected chi connectivity index (χ3v) is 3.59. The summed E-state index contributed by atoms with van der Waals surface area (Å²) in [4.78, 5) is 4.42. The zero-order valence-electron chi connectivity index (χ0n) is 11.8. The van der Waals surface area contributed by atoms with Crippen molar-refractivity contribution in [1.82, 2.24) is 14.9 Å². The number of benzene rings is 1.